The minimum Gasteiger partial charge on any atom is -0.469 e. The molecule has 0 aliphatic carbocycles. The number of guanidine groups is 1. The number of likely N-dealkylation sites (tertiary alicyclic amines) is 1. The molecule has 0 aromatic heterocycles. The highest BCUT2D eigenvalue weighted by Crippen LogP contribution is 2.18. The summed E-state index contributed by atoms with van der Waals surface area (Å²) in [6.07, 6.45) is 1.41. The quantitative estimate of drug-likeness (QED) is 0.294. The van der Waals surface area contributed by atoms with E-state index in [1.165, 1.54) is 19.2 Å². The summed E-state index contributed by atoms with van der Waals surface area (Å²) in [5.74, 6) is 0.471. The van der Waals surface area contributed by atoms with Crippen LogP contribution in [0.1, 0.15) is 19.8 Å². The van der Waals surface area contributed by atoms with Gasteiger partial charge in [0.2, 0.25) is 10.0 Å². The number of hydrogen-bond acceptors (Lipinski definition) is 5. The predicted octanol–water partition coefficient (Wildman–Crippen LogP) is 1.47. The fourth-order valence-corrected chi connectivity index (χ4v) is 4.30. The van der Waals surface area contributed by atoms with Gasteiger partial charge >= 0.3 is 5.97 Å². The van der Waals surface area contributed by atoms with E-state index in [9.17, 15) is 13.2 Å². The highest BCUT2D eigenvalue weighted by molar-refractivity contribution is 7.89. The normalized spacial score (nSPS) is 16.1. The minimum absolute atomic E-state index is 0.0753. The van der Waals surface area contributed by atoms with Crippen LogP contribution < -0.4 is 10.0 Å². The summed E-state index contributed by atoms with van der Waals surface area (Å²) in [5, 5.41) is 3.58. The molecule has 1 aliphatic rings. The lowest BCUT2D eigenvalue weighted by molar-refractivity contribution is -0.146. The van der Waals surface area contributed by atoms with Gasteiger partial charge in [-0.2, -0.15) is 0 Å². The van der Waals surface area contributed by atoms with Crippen molar-refractivity contribution in [3.05, 3.63) is 29.3 Å². The average Bonchev–Trinajstić information content (AvgIpc) is 2.70. The molecular weight excluding hydrogens is 404 g/mol. The Bertz CT molecular complexity index is 793. The molecule has 8 nitrogen and oxygen atoms in total. The van der Waals surface area contributed by atoms with E-state index in [1.54, 1.807) is 12.1 Å². The Morgan fingerprint density at radius 1 is 1.36 bits per heavy atom. The molecule has 0 atom stereocenters. The first-order chi connectivity index (χ1) is 13.4. The van der Waals surface area contributed by atoms with Gasteiger partial charge in [-0.3, -0.25) is 9.79 Å². The van der Waals surface area contributed by atoms with E-state index in [2.05, 4.69) is 19.9 Å². The summed E-state index contributed by atoms with van der Waals surface area (Å²) in [6, 6.07) is 6.11. The number of ether oxygens (including phenoxy) is 1. The number of nitrogens with zero attached hydrogens (tertiary/aromatic N) is 2. The monoisotopic (exact) mass is 430 g/mol. The van der Waals surface area contributed by atoms with Crippen LogP contribution in [0.4, 0.5) is 0 Å². The van der Waals surface area contributed by atoms with Crippen molar-refractivity contribution in [3.63, 3.8) is 0 Å². The zero-order valence-corrected chi connectivity index (χ0v) is 17.7. The maximum absolute atomic E-state index is 12.3. The zero-order valence-electron chi connectivity index (χ0n) is 16.2. The molecule has 1 aromatic carbocycles. The maximum Gasteiger partial charge on any atom is 0.308 e. The lowest BCUT2D eigenvalue weighted by Crippen LogP contribution is -2.47. The summed E-state index contributed by atoms with van der Waals surface area (Å²) in [7, 11) is -2.22. The molecule has 0 radical (unpaired) electrons. The second-order valence-electron chi connectivity index (χ2n) is 6.38. The summed E-state index contributed by atoms with van der Waals surface area (Å²) < 4.78 is 31.9. The lowest BCUT2D eigenvalue weighted by Gasteiger charge is -2.33. The van der Waals surface area contributed by atoms with Gasteiger partial charge in [-0.05, 0) is 38.0 Å². The van der Waals surface area contributed by atoms with Crippen molar-refractivity contribution in [3.8, 4) is 0 Å². The van der Waals surface area contributed by atoms with Gasteiger partial charge in [-0.1, -0.05) is 17.7 Å². The molecule has 0 spiro atoms. The van der Waals surface area contributed by atoms with Crippen LogP contribution in [0.3, 0.4) is 0 Å². The number of sulfonamides is 1. The minimum atomic E-state index is -3.63. The second kappa shape index (κ2) is 10.6. The average molecular weight is 431 g/mol. The fraction of sp³-hybridized carbons (Fsp3) is 0.556. The van der Waals surface area contributed by atoms with Crippen LogP contribution in [0.2, 0.25) is 5.02 Å². The molecule has 10 heteroatoms. The van der Waals surface area contributed by atoms with Gasteiger partial charge in [0.1, 0.15) is 0 Å². The largest absolute Gasteiger partial charge is 0.469 e. The van der Waals surface area contributed by atoms with Crippen LogP contribution in [0.5, 0.6) is 0 Å². The van der Waals surface area contributed by atoms with Crippen molar-refractivity contribution >= 4 is 33.6 Å². The van der Waals surface area contributed by atoms with E-state index in [4.69, 9.17) is 16.3 Å². The Balaban J connectivity index is 1.90. The standard InChI is InChI=1S/C18H27ClN4O4S/c1-3-20-18(23-11-7-14(8-12-23)17(24)27-2)21-9-10-22-28(25,26)16-6-4-5-15(19)13-16/h4-6,13-14,22H,3,7-12H2,1-2H3,(H,20,21). The molecular formula is C18H27ClN4O4S. The van der Waals surface area contributed by atoms with Crippen molar-refractivity contribution in [1.82, 2.24) is 14.9 Å². The van der Waals surface area contributed by atoms with Crippen LogP contribution in [0, 0.1) is 5.92 Å². The number of carbonyl (C=O) groups excluding carboxylic acids is 1. The van der Waals surface area contributed by atoms with Gasteiger partial charge in [0.15, 0.2) is 5.96 Å². The third-order valence-corrected chi connectivity index (χ3v) is 6.13. The molecule has 1 fully saturated rings. The molecule has 1 aromatic rings. The number of hydrogen-bond donors (Lipinski definition) is 2. The Kier molecular flexibility index (Phi) is 8.53. The first-order valence-corrected chi connectivity index (χ1v) is 11.1. The molecule has 0 unspecified atom stereocenters. The molecule has 0 bridgehead atoms. The van der Waals surface area contributed by atoms with E-state index in [0.29, 0.717) is 50.0 Å². The van der Waals surface area contributed by atoms with Crippen molar-refractivity contribution in [2.45, 2.75) is 24.7 Å². The fourth-order valence-electron chi connectivity index (χ4n) is 2.98. The van der Waals surface area contributed by atoms with Crippen molar-refractivity contribution in [2.75, 3.05) is 39.8 Å². The third kappa shape index (κ3) is 6.35. The summed E-state index contributed by atoms with van der Waals surface area (Å²) >= 11 is 5.86. The van der Waals surface area contributed by atoms with Gasteiger partial charge in [-0.15, -0.1) is 0 Å². The topological polar surface area (TPSA) is 100 Å². The van der Waals surface area contributed by atoms with Crippen LogP contribution >= 0.6 is 11.6 Å². The molecule has 1 heterocycles. The first kappa shape index (κ1) is 22.4. The van der Waals surface area contributed by atoms with Crippen LogP contribution in [-0.4, -0.2) is 65.1 Å². The van der Waals surface area contributed by atoms with Crippen LogP contribution in [0.25, 0.3) is 0 Å². The van der Waals surface area contributed by atoms with Crippen LogP contribution in [0.15, 0.2) is 34.2 Å². The van der Waals surface area contributed by atoms with E-state index < -0.39 is 10.0 Å². The Morgan fingerprint density at radius 3 is 2.68 bits per heavy atom. The SMILES string of the molecule is CCNC(=NCCNS(=O)(=O)c1cccc(Cl)c1)N1CCC(C(=O)OC)CC1. The van der Waals surface area contributed by atoms with Crippen molar-refractivity contribution in [1.29, 1.82) is 0 Å². The van der Waals surface area contributed by atoms with Gasteiger partial charge in [-0.25, -0.2) is 13.1 Å². The Labute approximate surface area is 171 Å². The second-order valence-corrected chi connectivity index (χ2v) is 8.58. The highest BCUT2D eigenvalue weighted by atomic mass is 35.5. The lowest BCUT2D eigenvalue weighted by atomic mass is 9.97. The number of rotatable bonds is 7. The smallest absolute Gasteiger partial charge is 0.308 e. The number of carbonyl (C=O) groups is 1. The number of aliphatic imine (C=N–C) groups is 1. The van der Waals surface area contributed by atoms with Crippen molar-refractivity contribution in [2.24, 2.45) is 10.9 Å². The molecule has 156 valence electrons. The number of piperidine rings is 1. The van der Waals surface area contributed by atoms with Crippen LogP contribution in [-0.2, 0) is 19.6 Å². The molecule has 28 heavy (non-hydrogen) atoms. The number of benzene rings is 1. The summed E-state index contributed by atoms with van der Waals surface area (Å²) in [6.45, 7) is 4.52. The number of halogens is 1. The van der Waals surface area contributed by atoms with Gasteiger partial charge in [0.05, 0.1) is 24.5 Å². The number of methoxy groups -OCH3 is 1. The highest BCUT2D eigenvalue weighted by Gasteiger charge is 2.26. The Hall–Kier alpha value is -1.84. The summed E-state index contributed by atoms with van der Waals surface area (Å²) in [4.78, 5) is 18.4. The van der Waals surface area contributed by atoms with Gasteiger partial charge < -0.3 is 15.0 Å². The Morgan fingerprint density at radius 2 is 2.07 bits per heavy atom. The van der Waals surface area contributed by atoms with E-state index in [0.717, 1.165) is 0 Å². The number of esters is 1. The molecule has 1 saturated heterocycles. The zero-order chi connectivity index (χ0) is 20.6. The van der Waals surface area contributed by atoms with Gasteiger partial charge in [0, 0.05) is 31.2 Å². The number of nitrogens with one attached hydrogen (secondary N) is 2. The molecule has 0 saturated carbocycles. The predicted molar refractivity (Wildman–Crippen MR) is 109 cm³/mol. The molecule has 2 rings (SSSR count). The molecule has 0 amide bonds. The van der Waals surface area contributed by atoms with E-state index >= 15 is 0 Å². The van der Waals surface area contributed by atoms with E-state index in [-0.39, 0.29) is 23.3 Å². The maximum atomic E-state index is 12.3. The van der Waals surface area contributed by atoms with E-state index in [1.807, 2.05) is 6.92 Å². The molecule has 2 N–H and O–H groups in total. The van der Waals surface area contributed by atoms with Gasteiger partial charge in [0.25, 0.3) is 0 Å². The summed E-state index contributed by atoms with van der Waals surface area (Å²) in [5.41, 5.74) is 0. The van der Waals surface area contributed by atoms with Crippen molar-refractivity contribution < 1.29 is 17.9 Å². The molecule has 1 aliphatic heterocycles. The third-order valence-electron chi connectivity index (χ3n) is 4.44. The first-order valence-electron chi connectivity index (χ1n) is 9.23.